The number of hydrogen-bond donors (Lipinski definition) is 2. The molecule has 140 valence electrons. The Bertz CT molecular complexity index is 757. The Morgan fingerprint density at radius 2 is 1.88 bits per heavy atom. The lowest BCUT2D eigenvalue weighted by molar-refractivity contribution is -0.116. The van der Waals surface area contributed by atoms with Gasteiger partial charge in [0.1, 0.15) is 11.5 Å². The van der Waals surface area contributed by atoms with Gasteiger partial charge in [-0.2, -0.15) is 0 Å². The van der Waals surface area contributed by atoms with E-state index in [-0.39, 0.29) is 5.91 Å². The third kappa shape index (κ3) is 4.91. The molecule has 0 aliphatic carbocycles. The molecule has 2 N–H and O–H groups in total. The molecule has 0 saturated carbocycles. The van der Waals surface area contributed by atoms with Gasteiger partial charge in [0, 0.05) is 24.7 Å². The van der Waals surface area contributed by atoms with Crippen molar-refractivity contribution < 1.29 is 14.3 Å². The molecular weight excluding hydrogens is 328 g/mol. The number of nitrogens with one attached hydrogen (secondary N) is 2. The highest BCUT2D eigenvalue weighted by Crippen LogP contribution is 2.29. The van der Waals surface area contributed by atoms with Crippen LogP contribution in [0, 0.1) is 6.92 Å². The summed E-state index contributed by atoms with van der Waals surface area (Å²) >= 11 is 0. The second-order valence-electron chi connectivity index (χ2n) is 6.49. The topological polar surface area (TPSA) is 59.6 Å². The Morgan fingerprint density at radius 3 is 2.54 bits per heavy atom. The number of methoxy groups -OCH3 is 2. The first-order valence-corrected chi connectivity index (χ1v) is 8.81. The van der Waals surface area contributed by atoms with Gasteiger partial charge in [-0.3, -0.25) is 4.79 Å². The molecule has 26 heavy (non-hydrogen) atoms. The van der Waals surface area contributed by atoms with E-state index in [1.807, 2.05) is 37.3 Å². The van der Waals surface area contributed by atoms with Crippen molar-refractivity contribution in [2.75, 3.05) is 31.4 Å². The summed E-state index contributed by atoms with van der Waals surface area (Å²) in [6, 6.07) is 11.7. The molecule has 0 aliphatic rings. The van der Waals surface area contributed by atoms with Gasteiger partial charge in [0.25, 0.3) is 0 Å². The summed E-state index contributed by atoms with van der Waals surface area (Å²) in [4.78, 5) is 12.4. The molecule has 0 saturated heterocycles. The van der Waals surface area contributed by atoms with Gasteiger partial charge in [-0.15, -0.1) is 0 Å². The summed E-state index contributed by atoms with van der Waals surface area (Å²) in [5, 5.41) is 6.31. The number of hydrogen-bond acceptors (Lipinski definition) is 4. The fraction of sp³-hybridized carbons (Fsp3) is 0.381. The van der Waals surface area contributed by atoms with E-state index < -0.39 is 0 Å². The molecule has 5 heteroatoms. The summed E-state index contributed by atoms with van der Waals surface area (Å²) < 4.78 is 10.5. The van der Waals surface area contributed by atoms with Crippen molar-refractivity contribution in [3.05, 3.63) is 47.5 Å². The average molecular weight is 356 g/mol. The normalized spacial score (nSPS) is 10.5. The minimum Gasteiger partial charge on any atom is -0.497 e. The molecule has 0 unspecified atom stereocenters. The van der Waals surface area contributed by atoms with Gasteiger partial charge in [-0.25, -0.2) is 0 Å². The number of amides is 1. The second-order valence-corrected chi connectivity index (χ2v) is 6.49. The van der Waals surface area contributed by atoms with E-state index in [4.69, 9.17) is 9.47 Å². The summed E-state index contributed by atoms with van der Waals surface area (Å²) in [5.41, 5.74) is 3.99. The van der Waals surface area contributed by atoms with E-state index in [1.54, 1.807) is 14.2 Å². The van der Waals surface area contributed by atoms with E-state index in [2.05, 4.69) is 30.5 Å². The fourth-order valence-corrected chi connectivity index (χ4v) is 2.80. The maximum atomic E-state index is 12.4. The van der Waals surface area contributed by atoms with Crippen LogP contribution in [0.1, 0.15) is 37.3 Å². The number of carbonyl (C=O) groups excluding carboxylic acids is 1. The molecule has 1 amide bonds. The molecule has 0 heterocycles. The molecule has 5 nitrogen and oxygen atoms in total. The van der Waals surface area contributed by atoms with Gasteiger partial charge in [0.2, 0.25) is 5.91 Å². The Hall–Kier alpha value is -2.69. The van der Waals surface area contributed by atoms with Crippen LogP contribution in [-0.2, 0) is 4.79 Å². The number of carbonyl (C=O) groups is 1. The van der Waals surface area contributed by atoms with E-state index in [1.165, 1.54) is 0 Å². The Kier molecular flexibility index (Phi) is 6.89. The van der Waals surface area contributed by atoms with Crippen molar-refractivity contribution in [2.45, 2.75) is 33.1 Å². The van der Waals surface area contributed by atoms with Crippen LogP contribution >= 0.6 is 0 Å². The van der Waals surface area contributed by atoms with Crippen LogP contribution in [0.2, 0.25) is 0 Å². The van der Waals surface area contributed by atoms with Gasteiger partial charge in [0.05, 0.1) is 19.9 Å². The summed E-state index contributed by atoms with van der Waals surface area (Å²) in [7, 11) is 3.22. The number of benzene rings is 2. The SMILES string of the molecule is COc1ccc(NCCC(=O)Nc2c(C)cccc2C(C)C)c(OC)c1. The first-order chi connectivity index (χ1) is 12.5. The minimum atomic E-state index is -0.0128. The van der Waals surface area contributed by atoms with Crippen molar-refractivity contribution in [1.82, 2.24) is 0 Å². The molecule has 0 aromatic heterocycles. The largest absolute Gasteiger partial charge is 0.497 e. The van der Waals surface area contributed by atoms with Crippen molar-refractivity contribution in [3.8, 4) is 11.5 Å². The van der Waals surface area contributed by atoms with Crippen molar-refractivity contribution in [1.29, 1.82) is 0 Å². The van der Waals surface area contributed by atoms with Crippen molar-refractivity contribution in [3.63, 3.8) is 0 Å². The first-order valence-electron chi connectivity index (χ1n) is 8.81. The van der Waals surface area contributed by atoms with E-state index in [0.717, 1.165) is 28.3 Å². The van der Waals surface area contributed by atoms with Crippen molar-refractivity contribution >= 4 is 17.3 Å². The third-order valence-corrected chi connectivity index (χ3v) is 4.27. The van der Waals surface area contributed by atoms with E-state index in [0.29, 0.717) is 24.6 Å². The Labute approximate surface area is 155 Å². The van der Waals surface area contributed by atoms with E-state index in [9.17, 15) is 4.79 Å². The van der Waals surface area contributed by atoms with Gasteiger partial charge in [-0.05, 0) is 36.1 Å². The summed E-state index contributed by atoms with van der Waals surface area (Å²) in [6.45, 7) is 6.78. The predicted octanol–water partition coefficient (Wildman–Crippen LogP) is 4.58. The Morgan fingerprint density at radius 1 is 1.12 bits per heavy atom. The van der Waals surface area contributed by atoms with Crippen LogP contribution in [-0.4, -0.2) is 26.7 Å². The fourth-order valence-electron chi connectivity index (χ4n) is 2.80. The average Bonchev–Trinajstić information content (AvgIpc) is 2.63. The molecule has 0 spiro atoms. The number of rotatable bonds is 8. The lowest BCUT2D eigenvalue weighted by atomic mass is 9.98. The monoisotopic (exact) mass is 356 g/mol. The highest BCUT2D eigenvalue weighted by molar-refractivity contribution is 5.92. The maximum Gasteiger partial charge on any atom is 0.226 e. The van der Waals surface area contributed by atoms with Crippen LogP contribution in [0.5, 0.6) is 11.5 Å². The number of para-hydroxylation sites is 1. The molecule has 0 fully saturated rings. The maximum absolute atomic E-state index is 12.4. The van der Waals surface area contributed by atoms with Crippen LogP contribution < -0.4 is 20.1 Å². The summed E-state index contributed by atoms with van der Waals surface area (Å²) in [6.07, 6.45) is 0.362. The number of anilines is 2. The standard InChI is InChI=1S/C21H28N2O3/c1-14(2)17-8-6-7-15(3)21(17)23-20(24)11-12-22-18-10-9-16(25-4)13-19(18)26-5/h6-10,13-14,22H,11-12H2,1-5H3,(H,23,24). The van der Waals surface area contributed by atoms with Crippen molar-refractivity contribution in [2.24, 2.45) is 0 Å². The molecule has 0 bridgehead atoms. The second kappa shape index (κ2) is 9.13. The third-order valence-electron chi connectivity index (χ3n) is 4.27. The first kappa shape index (κ1) is 19.6. The lowest BCUT2D eigenvalue weighted by Crippen LogP contribution is -2.18. The van der Waals surface area contributed by atoms with Gasteiger partial charge in [-0.1, -0.05) is 32.0 Å². The van der Waals surface area contributed by atoms with Crippen LogP contribution in [0.3, 0.4) is 0 Å². The lowest BCUT2D eigenvalue weighted by Gasteiger charge is -2.17. The highest BCUT2D eigenvalue weighted by Gasteiger charge is 2.12. The van der Waals surface area contributed by atoms with Crippen LogP contribution in [0.4, 0.5) is 11.4 Å². The molecule has 2 rings (SSSR count). The van der Waals surface area contributed by atoms with Crippen LogP contribution in [0.25, 0.3) is 0 Å². The highest BCUT2D eigenvalue weighted by atomic mass is 16.5. The molecule has 0 aliphatic heterocycles. The zero-order chi connectivity index (χ0) is 19.1. The molecule has 2 aromatic rings. The van der Waals surface area contributed by atoms with E-state index >= 15 is 0 Å². The smallest absolute Gasteiger partial charge is 0.226 e. The number of ether oxygens (including phenoxy) is 2. The zero-order valence-corrected chi connectivity index (χ0v) is 16.2. The van der Waals surface area contributed by atoms with Gasteiger partial charge >= 0.3 is 0 Å². The van der Waals surface area contributed by atoms with Gasteiger partial charge < -0.3 is 20.1 Å². The quantitative estimate of drug-likeness (QED) is 0.727. The molecule has 0 atom stereocenters. The molecule has 2 aromatic carbocycles. The van der Waals surface area contributed by atoms with Crippen LogP contribution in [0.15, 0.2) is 36.4 Å². The Balaban J connectivity index is 1.96. The molecular formula is C21H28N2O3. The number of aryl methyl sites for hydroxylation is 1. The van der Waals surface area contributed by atoms with Gasteiger partial charge in [0.15, 0.2) is 0 Å². The zero-order valence-electron chi connectivity index (χ0n) is 16.2. The molecule has 0 radical (unpaired) electrons. The summed E-state index contributed by atoms with van der Waals surface area (Å²) in [5.74, 6) is 1.75. The minimum absolute atomic E-state index is 0.0128. The predicted molar refractivity (Wildman–Crippen MR) is 107 cm³/mol.